The van der Waals surface area contributed by atoms with E-state index in [0.717, 1.165) is 36.3 Å². The molecule has 158 valence electrons. The first-order valence-electron chi connectivity index (χ1n) is 9.82. The SMILES string of the molecule is CC(=O)c1ccc(N2CCN(CC(=O)NCC(=O)Nc3ccccc3Br)CC2)cc1. The van der Waals surface area contributed by atoms with Crippen molar-refractivity contribution >= 4 is 44.9 Å². The van der Waals surface area contributed by atoms with Gasteiger partial charge in [0.2, 0.25) is 11.8 Å². The molecule has 2 aromatic carbocycles. The van der Waals surface area contributed by atoms with Crippen LogP contribution in [0.25, 0.3) is 0 Å². The number of carbonyl (C=O) groups excluding carboxylic acids is 3. The number of halogens is 1. The number of hydrogen-bond acceptors (Lipinski definition) is 5. The van der Waals surface area contributed by atoms with Crippen molar-refractivity contribution in [2.45, 2.75) is 6.92 Å². The molecule has 8 heteroatoms. The zero-order chi connectivity index (χ0) is 21.5. The van der Waals surface area contributed by atoms with E-state index >= 15 is 0 Å². The highest BCUT2D eigenvalue weighted by Gasteiger charge is 2.19. The van der Waals surface area contributed by atoms with Crippen LogP contribution in [0.3, 0.4) is 0 Å². The van der Waals surface area contributed by atoms with Crippen LogP contribution in [0.5, 0.6) is 0 Å². The Bertz CT molecular complexity index is 909. The van der Waals surface area contributed by atoms with Gasteiger partial charge in [0.25, 0.3) is 0 Å². The summed E-state index contributed by atoms with van der Waals surface area (Å²) in [6.45, 7) is 4.87. The molecule has 2 amide bonds. The standard InChI is InChI=1S/C22H25BrN4O3/c1-16(28)17-6-8-18(9-7-17)27-12-10-26(11-13-27)15-22(30)24-14-21(29)25-20-5-3-2-4-19(20)23/h2-9H,10-15H2,1H3,(H,24,30)(H,25,29). The molecule has 1 heterocycles. The second kappa shape index (κ2) is 10.4. The van der Waals surface area contributed by atoms with Gasteiger partial charge >= 0.3 is 0 Å². The maximum atomic E-state index is 12.2. The molecule has 1 fully saturated rings. The number of ketones is 1. The van der Waals surface area contributed by atoms with Crippen molar-refractivity contribution in [3.05, 3.63) is 58.6 Å². The van der Waals surface area contributed by atoms with Crippen molar-refractivity contribution < 1.29 is 14.4 Å². The lowest BCUT2D eigenvalue weighted by Gasteiger charge is -2.35. The molecule has 0 saturated carbocycles. The predicted molar refractivity (Wildman–Crippen MR) is 121 cm³/mol. The maximum Gasteiger partial charge on any atom is 0.243 e. The fourth-order valence-corrected chi connectivity index (χ4v) is 3.65. The van der Waals surface area contributed by atoms with Crippen LogP contribution >= 0.6 is 15.9 Å². The minimum absolute atomic E-state index is 0.0578. The Morgan fingerprint density at radius 3 is 2.23 bits per heavy atom. The third-order valence-corrected chi connectivity index (χ3v) is 5.66. The molecule has 0 aliphatic carbocycles. The molecule has 1 aliphatic heterocycles. The number of Topliss-reactive ketones (excluding diaryl/α,β-unsaturated/α-hetero) is 1. The van der Waals surface area contributed by atoms with Gasteiger partial charge in [-0.1, -0.05) is 12.1 Å². The van der Waals surface area contributed by atoms with Gasteiger partial charge in [-0.15, -0.1) is 0 Å². The van der Waals surface area contributed by atoms with E-state index in [-0.39, 0.29) is 30.7 Å². The van der Waals surface area contributed by atoms with Gasteiger partial charge in [0.15, 0.2) is 5.78 Å². The topological polar surface area (TPSA) is 81.8 Å². The second-order valence-corrected chi connectivity index (χ2v) is 8.03. The molecule has 3 rings (SSSR count). The number of piperazine rings is 1. The van der Waals surface area contributed by atoms with E-state index in [2.05, 4.69) is 36.4 Å². The van der Waals surface area contributed by atoms with Gasteiger partial charge in [-0.05, 0) is 59.3 Å². The fourth-order valence-electron chi connectivity index (χ4n) is 3.27. The van der Waals surface area contributed by atoms with Crippen LogP contribution in [0, 0.1) is 0 Å². The van der Waals surface area contributed by atoms with Crippen molar-refractivity contribution in [3.8, 4) is 0 Å². The first-order chi connectivity index (χ1) is 14.4. The Labute approximate surface area is 184 Å². The van der Waals surface area contributed by atoms with E-state index in [9.17, 15) is 14.4 Å². The predicted octanol–water partition coefficient (Wildman–Crippen LogP) is 2.53. The van der Waals surface area contributed by atoms with Crippen LogP contribution in [-0.2, 0) is 9.59 Å². The van der Waals surface area contributed by atoms with Crippen LogP contribution in [0.1, 0.15) is 17.3 Å². The van der Waals surface area contributed by atoms with Crippen LogP contribution in [0.4, 0.5) is 11.4 Å². The summed E-state index contributed by atoms with van der Waals surface area (Å²) in [7, 11) is 0. The molecule has 0 spiro atoms. The van der Waals surface area contributed by atoms with E-state index in [0.29, 0.717) is 11.3 Å². The van der Waals surface area contributed by atoms with E-state index in [1.807, 2.05) is 42.5 Å². The number of nitrogens with zero attached hydrogens (tertiary/aromatic N) is 2. The molecule has 7 nitrogen and oxygen atoms in total. The Hall–Kier alpha value is -2.71. The highest BCUT2D eigenvalue weighted by atomic mass is 79.9. The smallest absolute Gasteiger partial charge is 0.243 e. The van der Waals surface area contributed by atoms with Crippen molar-refractivity contribution in [3.63, 3.8) is 0 Å². The van der Waals surface area contributed by atoms with E-state index in [1.165, 1.54) is 0 Å². The molecule has 0 radical (unpaired) electrons. The summed E-state index contributed by atoms with van der Waals surface area (Å²) in [5.74, 6) is -0.381. The molecule has 0 unspecified atom stereocenters. The van der Waals surface area contributed by atoms with Gasteiger partial charge in [0, 0.05) is 41.9 Å². The summed E-state index contributed by atoms with van der Waals surface area (Å²) in [6.07, 6.45) is 0. The minimum Gasteiger partial charge on any atom is -0.369 e. The molecule has 2 N–H and O–H groups in total. The number of hydrogen-bond donors (Lipinski definition) is 2. The first-order valence-corrected chi connectivity index (χ1v) is 10.6. The highest BCUT2D eigenvalue weighted by Crippen LogP contribution is 2.21. The third-order valence-electron chi connectivity index (χ3n) is 4.97. The zero-order valence-electron chi connectivity index (χ0n) is 16.9. The monoisotopic (exact) mass is 472 g/mol. The molecule has 1 saturated heterocycles. The van der Waals surface area contributed by atoms with Crippen LogP contribution in [-0.4, -0.2) is 61.8 Å². The molecular formula is C22H25BrN4O3. The van der Waals surface area contributed by atoms with Crippen molar-refractivity contribution in [2.75, 3.05) is 49.5 Å². The van der Waals surface area contributed by atoms with Crippen LogP contribution in [0.2, 0.25) is 0 Å². The zero-order valence-corrected chi connectivity index (χ0v) is 18.4. The quantitative estimate of drug-likeness (QED) is 0.605. The normalized spacial score (nSPS) is 14.3. The lowest BCUT2D eigenvalue weighted by molar-refractivity contribution is -0.125. The van der Waals surface area contributed by atoms with Crippen molar-refractivity contribution in [2.24, 2.45) is 0 Å². The lowest BCUT2D eigenvalue weighted by atomic mass is 10.1. The number of anilines is 2. The van der Waals surface area contributed by atoms with Gasteiger partial charge in [0.05, 0.1) is 18.8 Å². The second-order valence-electron chi connectivity index (χ2n) is 7.17. The average Bonchev–Trinajstić information content (AvgIpc) is 2.74. The fraction of sp³-hybridized carbons (Fsp3) is 0.318. The highest BCUT2D eigenvalue weighted by molar-refractivity contribution is 9.10. The summed E-state index contributed by atoms with van der Waals surface area (Å²) in [5, 5.41) is 5.44. The number of para-hydroxylation sites is 1. The first kappa shape index (κ1) is 22.0. The number of amides is 2. The molecule has 30 heavy (non-hydrogen) atoms. The van der Waals surface area contributed by atoms with Crippen molar-refractivity contribution in [1.29, 1.82) is 0 Å². The summed E-state index contributed by atoms with van der Waals surface area (Å²) in [5.41, 5.74) is 2.45. The summed E-state index contributed by atoms with van der Waals surface area (Å²) in [6, 6.07) is 14.9. The summed E-state index contributed by atoms with van der Waals surface area (Å²) in [4.78, 5) is 39.9. The van der Waals surface area contributed by atoms with Gasteiger partial charge in [-0.3, -0.25) is 19.3 Å². The molecule has 1 aliphatic rings. The lowest BCUT2D eigenvalue weighted by Crippen LogP contribution is -2.50. The van der Waals surface area contributed by atoms with Gasteiger partial charge in [-0.25, -0.2) is 0 Å². The van der Waals surface area contributed by atoms with E-state index < -0.39 is 0 Å². The average molecular weight is 473 g/mol. The molecular weight excluding hydrogens is 448 g/mol. The number of rotatable bonds is 7. The summed E-state index contributed by atoms with van der Waals surface area (Å²) >= 11 is 3.37. The minimum atomic E-state index is -0.269. The van der Waals surface area contributed by atoms with Crippen LogP contribution < -0.4 is 15.5 Å². The Morgan fingerprint density at radius 1 is 0.933 bits per heavy atom. The van der Waals surface area contributed by atoms with Crippen molar-refractivity contribution in [1.82, 2.24) is 10.2 Å². The Kier molecular flexibility index (Phi) is 7.59. The largest absolute Gasteiger partial charge is 0.369 e. The third kappa shape index (κ3) is 6.14. The number of benzene rings is 2. The molecule has 0 atom stereocenters. The van der Waals surface area contributed by atoms with Gasteiger partial charge in [0.1, 0.15) is 0 Å². The molecule has 0 aromatic heterocycles. The summed E-state index contributed by atoms with van der Waals surface area (Å²) < 4.78 is 0.790. The maximum absolute atomic E-state index is 12.2. The molecule has 0 bridgehead atoms. The van der Waals surface area contributed by atoms with E-state index in [1.54, 1.807) is 13.0 Å². The van der Waals surface area contributed by atoms with E-state index in [4.69, 9.17) is 0 Å². The van der Waals surface area contributed by atoms with Crippen LogP contribution in [0.15, 0.2) is 53.0 Å². The number of carbonyl (C=O) groups is 3. The Balaban J connectivity index is 1.39. The Morgan fingerprint density at radius 2 is 1.60 bits per heavy atom. The number of nitrogens with one attached hydrogen (secondary N) is 2. The molecule has 2 aromatic rings. The van der Waals surface area contributed by atoms with Gasteiger partial charge in [-0.2, -0.15) is 0 Å². The van der Waals surface area contributed by atoms with Gasteiger partial charge < -0.3 is 15.5 Å².